The fraction of sp³-hybridized carbons (Fsp3) is 0.292. The second-order valence-corrected chi connectivity index (χ2v) is 8.69. The maximum atomic E-state index is 4.75. The van der Waals surface area contributed by atoms with Gasteiger partial charge >= 0.3 is 0 Å². The molecule has 0 radical (unpaired) electrons. The standard InChI is InChI=1S/C24H26N4S/c1-15-7-6-8-20(11-15)14-29-24-26-23-25-18(4)22(19(5)28(23)27-24)13-21-12-16(2)9-10-17(21)3/h6-12H,13-14H2,1-5H3. The van der Waals surface area contributed by atoms with Gasteiger partial charge in [0.15, 0.2) is 0 Å². The number of aromatic nitrogens is 4. The molecule has 29 heavy (non-hydrogen) atoms. The molecule has 4 aromatic rings. The predicted octanol–water partition coefficient (Wildman–Crippen LogP) is 5.55. The zero-order valence-electron chi connectivity index (χ0n) is 17.7. The van der Waals surface area contributed by atoms with Gasteiger partial charge < -0.3 is 0 Å². The lowest BCUT2D eigenvalue weighted by molar-refractivity contribution is 0.823. The van der Waals surface area contributed by atoms with Gasteiger partial charge in [0, 0.05) is 23.6 Å². The number of fused-ring (bicyclic) bond motifs is 1. The summed E-state index contributed by atoms with van der Waals surface area (Å²) in [6.45, 7) is 10.6. The molecule has 0 spiro atoms. The second kappa shape index (κ2) is 7.99. The average Bonchev–Trinajstić information content (AvgIpc) is 3.09. The Balaban J connectivity index is 1.63. The molecule has 0 fully saturated rings. The quantitative estimate of drug-likeness (QED) is 0.411. The Bertz CT molecular complexity index is 1190. The van der Waals surface area contributed by atoms with Crippen LogP contribution in [-0.2, 0) is 12.2 Å². The van der Waals surface area contributed by atoms with Gasteiger partial charge in [0.2, 0.25) is 5.16 Å². The molecule has 0 aliphatic carbocycles. The van der Waals surface area contributed by atoms with Crippen molar-refractivity contribution in [1.29, 1.82) is 0 Å². The highest BCUT2D eigenvalue weighted by Crippen LogP contribution is 2.24. The van der Waals surface area contributed by atoms with Gasteiger partial charge in [0.05, 0.1) is 0 Å². The third-order valence-electron chi connectivity index (χ3n) is 5.35. The fourth-order valence-electron chi connectivity index (χ4n) is 3.64. The topological polar surface area (TPSA) is 43.1 Å². The molecule has 0 saturated heterocycles. The smallest absolute Gasteiger partial charge is 0.216 e. The van der Waals surface area contributed by atoms with Crippen LogP contribution in [0.2, 0.25) is 0 Å². The van der Waals surface area contributed by atoms with Crippen molar-refractivity contribution in [2.75, 3.05) is 0 Å². The summed E-state index contributed by atoms with van der Waals surface area (Å²) in [6.07, 6.45) is 0.861. The molecule has 2 aromatic carbocycles. The summed E-state index contributed by atoms with van der Waals surface area (Å²) in [5.41, 5.74) is 9.85. The van der Waals surface area contributed by atoms with Crippen molar-refractivity contribution in [3.05, 3.63) is 87.2 Å². The van der Waals surface area contributed by atoms with E-state index in [1.54, 1.807) is 11.8 Å². The minimum atomic E-state index is 0.677. The molecule has 2 aromatic heterocycles. The second-order valence-electron chi connectivity index (χ2n) is 7.75. The van der Waals surface area contributed by atoms with Crippen LogP contribution in [0.25, 0.3) is 5.78 Å². The van der Waals surface area contributed by atoms with Crippen LogP contribution >= 0.6 is 11.8 Å². The van der Waals surface area contributed by atoms with E-state index < -0.39 is 0 Å². The lowest BCUT2D eigenvalue weighted by Gasteiger charge is -2.12. The first-order chi connectivity index (χ1) is 13.9. The number of rotatable bonds is 5. The van der Waals surface area contributed by atoms with E-state index in [0.29, 0.717) is 5.78 Å². The van der Waals surface area contributed by atoms with Gasteiger partial charge in [-0.25, -0.2) is 9.50 Å². The van der Waals surface area contributed by atoms with Gasteiger partial charge in [-0.15, -0.1) is 5.10 Å². The molecule has 0 atom stereocenters. The van der Waals surface area contributed by atoms with Gasteiger partial charge in [-0.1, -0.05) is 65.4 Å². The van der Waals surface area contributed by atoms with Gasteiger partial charge in [0.25, 0.3) is 5.78 Å². The molecule has 0 N–H and O–H groups in total. The van der Waals surface area contributed by atoms with Crippen molar-refractivity contribution in [1.82, 2.24) is 19.6 Å². The van der Waals surface area contributed by atoms with E-state index in [4.69, 9.17) is 10.1 Å². The summed E-state index contributed by atoms with van der Waals surface area (Å²) in [7, 11) is 0. The third-order valence-corrected chi connectivity index (χ3v) is 6.26. The van der Waals surface area contributed by atoms with E-state index in [-0.39, 0.29) is 0 Å². The lowest BCUT2D eigenvalue weighted by Crippen LogP contribution is -2.07. The van der Waals surface area contributed by atoms with Gasteiger partial charge in [-0.2, -0.15) is 4.98 Å². The molecule has 0 saturated carbocycles. The molecule has 0 aliphatic heterocycles. The molecule has 5 heteroatoms. The maximum absolute atomic E-state index is 4.75. The Labute approximate surface area is 176 Å². The molecule has 4 rings (SSSR count). The molecule has 2 heterocycles. The van der Waals surface area contributed by atoms with Crippen LogP contribution in [0.15, 0.2) is 47.6 Å². The fourth-order valence-corrected chi connectivity index (χ4v) is 4.40. The summed E-state index contributed by atoms with van der Waals surface area (Å²) in [5.74, 6) is 1.53. The first-order valence-electron chi connectivity index (χ1n) is 9.88. The molecule has 4 nitrogen and oxygen atoms in total. The first kappa shape index (κ1) is 19.6. The lowest BCUT2D eigenvalue weighted by atomic mass is 9.97. The van der Waals surface area contributed by atoms with Crippen LogP contribution < -0.4 is 0 Å². The van der Waals surface area contributed by atoms with Crippen molar-refractivity contribution in [3.63, 3.8) is 0 Å². The van der Waals surface area contributed by atoms with E-state index in [0.717, 1.165) is 28.7 Å². The zero-order chi connectivity index (χ0) is 20.5. The van der Waals surface area contributed by atoms with Crippen molar-refractivity contribution in [2.24, 2.45) is 0 Å². The Morgan fingerprint density at radius 1 is 0.897 bits per heavy atom. The number of aryl methyl sites for hydroxylation is 5. The molecule has 0 amide bonds. The van der Waals surface area contributed by atoms with Crippen molar-refractivity contribution < 1.29 is 0 Å². The normalized spacial score (nSPS) is 11.3. The SMILES string of the molecule is Cc1cccc(CSc2nc3nc(C)c(Cc4cc(C)ccc4C)c(C)n3n2)c1. The van der Waals surface area contributed by atoms with Gasteiger partial charge in [-0.3, -0.25) is 0 Å². The summed E-state index contributed by atoms with van der Waals surface area (Å²) in [4.78, 5) is 9.41. The molecular weight excluding hydrogens is 376 g/mol. The third kappa shape index (κ3) is 4.20. The molecule has 0 aliphatic rings. The predicted molar refractivity (Wildman–Crippen MR) is 120 cm³/mol. The Hall–Kier alpha value is -2.66. The monoisotopic (exact) mass is 402 g/mol. The van der Waals surface area contributed by atoms with Crippen LogP contribution in [-0.4, -0.2) is 19.6 Å². The van der Waals surface area contributed by atoms with Crippen molar-refractivity contribution in [2.45, 2.75) is 51.9 Å². The number of thioether (sulfide) groups is 1. The van der Waals surface area contributed by atoms with E-state index in [2.05, 4.69) is 82.1 Å². The number of benzene rings is 2. The first-order valence-corrected chi connectivity index (χ1v) is 10.9. The van der Waals surface area contributed by atoms with Crippen LogP contribution in [0.3, 0.4) is 0 Å². The average molecular weight is 403 g/mol. The number of hydrogen-bond donors (Lipinski definition) is 0. The largest absolute Gasteiger partial charge is 0.253 e. The van der Waals surface area contributed by atoms with Gasteiger partial charge in [-0.05, 0) is 56.9 Å². The van der Waals surface area contributed by atoms with Crippen LogP contribution in [0, 0.1) is 34.6 Å². The van der Waals surface area contributed by atoms with E-state index >= 15 is 0 Å². The summed E-state index contributed by atoms with van der Waals surface area (Å²) >= 11 is 1.65. The Morgan fingerprint density at radius 2 is 1.69 bits per heavy atom. The summed E-state index contributed by atoms with van der Waals surface area (Å²) < 4.78 is 1.89. The Morgan fingerprint density at radius 3 is 2.48 bits per heavy atom. The van der Waals surface area contributed by atoms with Crippen LogP contribution in [0.1, 0.15) is 44.8 Å². The number of nitrogens with zero attached hydrogens (tertiary/aromatic N) is 4. The molecule has 0 bridgehead atoms. The van der Waals surface area contributed by atoms with Crippen LogP contribution in [0.5, 0.6) is 0 Å². The van der Waals surface area contributed by atoms with Crippen molar-refractivity contribution >= 4 is 17.5 Å². The molecule has 148 valence electrons. The van der Waals surface area contributed by atoms with E-state index in [1.165, 1.54) is 33.4 Å². The molecular formula is C24H26N4S. The summed E-state index contributed by atoms with van der Waals surface area (Å²) in [6, 6.07) is 15.2. The van der Waals surface area contributed by atoms with Gasteiger partial charge in [0.1, 0.15) is 0 Å². The highest BCUT2D eigenvalue weighted by molar-refractivity contribution is 7.98. The highest BCUT2D eigenvalue weighted by atomic mass is 32.2. The van der Waals surface area contributed by atoms with Crippen molar-refractivity contribution in [3.8, 4) is 0 Å². The van der Waals surface area contributed by atoms with E-state index in [9.17, 15) is 0 Å². The molecule has 0 unspecified atom stereocenters. The minimum absolute atomic E-state index is 0.677. The summed E-state index contributed by atoms with van der Waals surface area (Å²) in [5, 5.41) is 5.51. The zero-order valence-corrected chi connectivity index (χ0v) is 18.5. The minimum Gasteiger partial charge on any atom is -0.216 e. The maximum Gasteiger partial charge on any atom is 0.253 e. The van der Waals surface area contributed by atoms with Crippen LogP contribution in [0.4, 0.5) is 0 Å². The van der Waals surface area contributed by atoms with E-state index in [1.807, 2.05) is 4.52 Å². The Kier molecular flexibility index (Phi) is 5.41. The number of hydrogen-bond acceptors (Lipinski definition) is 4. The highest BCUT2D eigenvalue weighted by Gasteiger charge is 2.15.